The van der Waals surface area contributed by atoms with E-state index in [1.54, 1.807) is 18.9 Å². The molecule has 3 aromatic rings. The number of carbonyl (C=O) groups is 2. The van der Waals surface area contributed by atoms with Gasteiger partial charge >= 0.3 is 12.1 Å². The number of hydrogen-bond acceptors (Lipinski definition) is 5. The molecule has 0 spiro atoms. The number of hydrogen-bond donors (Lipinski definition) is 2. The van der Waals surface area contributed by atoms with E-state index < -0.39 is 18.1 Å². The second-order valence-electron chi connectivity index (χ2n) is 8.16. The molecule has 0 saturated carbocycles. The van der Waals surface area contributed by atoms with Crippen LogP contribution in [0.2, 0.25) is 0 Å². The number of carboxylic acids is 1. The van der Waals surface area contributed by atoms with Crippen molar-refractivity contribution in [2.24, 2.45) is 0 Å². The van der Waals surface area contributed by atoms with Gasteiger partial charge in [0.15, 0.2) is 0 Å². The zero-order chi connectivity index (χ0) is 24.8. The number of thioether (sulfide) groups is 1. The summed E-state index contributed by atoms with van der Waals surface area (Å²) in [5.41, 5.74) is 5.51. The molecule has 3 aromatic carbocycles. The number of halogens is 1. The molecule has 6 nitrogen and oxygen atoms in total. The highest BCUT2D eigenvalue weighted by atomic mass is 79.9. The van der Waals surface area contributed by atoms with Crippen LogP contribution in [0.1, 0.15) is 29.0 Å². The van der Waals surface area contributed by atoms with E-state index in [-0.39, 0.29) is 18.9 Å². The minimum atomic E-state index is -1.08. The molecule has 2 N–H and O–H groups in total. The quantitative estimate of drug-likeness (QED) is 0.295. The molecule has 1 aliphatic rings. The molecule has 0 saturated heterocycles. The number of carboxylic acid groups (broad SMARTS) is 1. The molecule has 0 bridgehead atoms. The van der Waals surface area contributed by atoms with E-state index in [1.807, 2.05) is 54.6 Å². The Morgan fingerprint density at radius 2 is 1.71 bits per heavy atom. The van der Waals surface area contributed by atoms with Crippen molar-refractivity contribution in [3.63, 3.8) is 0 Å². The van der Waals surface area contributed by atoms with Crippen molar-refractivity contribution in [3.8, 4) is 16.9 Å². The summed E-state index contributed by atoms with van der Waals surface area (Å²) >= 11 is 5.04. The van der Waals surface area contributed by atoms with Gasteiger partial charge in [-0.1, -0.05) is 64.5 Å². The predicted molar refractivity (Wildman–Crippen MR) is 141 cm³/mol. The second-order valence-corrected chi connectivity index (χ2v) is 10.2. The van der Waals surface area contributed by atoms with Crippen molar-refractivity contribution in [1.82, 2.24) is 5.32 Å². The number of benzene rings is 3. The first kappa shape index (κ1) is 25.1. The summed E-state index contributed by atoms with van der Waals surface area (Å²) < 4.78 is 11.8. The van der Waals surface area contributed by atoms with Crippen molar-refractivity contribution in [3.05, 3.63) is 87.9 Å². The Morgan fingerprint density at radius 3 is 2.34 bits per heavy atom. The van der Waals surface area contributed by atoms with Crippen LogP contribution in [-0.2, 0) is 15.3 Å². The van der Waals surface area contributed by atoms with E-state index in [2.05, 4.69) is 33.4 Å². The molecule has 1 unspecified atom stereocenters. The molecule has 0 radical (unpaired) electrons. The van der Waals surface area contributed by atoms with Gasteiger partial charge in [0.1, 0.15) is 18.4 Å². The van der Waals surface area contributed by atoms with Crippen molar-refractivity contribution < 1.29 is 24.2 Å². The molecule has 4 rings (SSSR count). The predicted octanol–water partition coefficient (Wildman–Crippen LogP) is 6.07. The molecular formula is C27H26BrNO5S. The Labute approximate surface area is 217 Å². The fraction of sp³-hybridized carbons (Fsp3) is 0.259. The minimum Gasteiger partial charge on any atom is -0.496 e. The lowest BCUT2D eigenvalue weighted by Gasteiger charge is -2.17. The number of fused-ring (bicyclic) bond motifs is 3. The lowest BCUT2D eigenvalue weighted by atomic mass is 9.98. The summed E-state index contributed by atoms with van der Waals surface area (Å²) in [4.78, 5) is 24.2. The standard InChI is InChI=1S/C27H26BrNO5S/c1-33-25-11-10-18(28)14-17(25)16-35-13-12-24(26(30)31)29-27(32)34-15-23-21-8-4-2-6-19(21)20-7-3-5-9-22(20)23/h2-11,14,23-24H,12-13,15-16H2,1H3,(H,29,32)(H,30,31). The largest absolute Gasteiger partial charge is 0.496 e. The van der Waals surface area contributed by atoms with Crippen LogP contribution >= 0.6 is 27.7 Å². The zero-order valence-corrected chi connectivity index (χ0v) is 21.6. The van der Waals surface area contributed by atoms with Gasteiger partial charge in [-0.25, -0.2) is 9.59 Å². The van der Waals surface area contributed by atoms with Gasteiger partial charge in [0.25, 0.3) is 0 Å². The van der Waals surface area contributed by atoms with Gasteiger partial charge in [-0.05, 0) is 52.6 Å². The van der Waals surface area contributed by atoms with Crippen LogP contribution in [0.3, 0.4) is 0 Å². The summed E-state index contributed by atoms with van der Waals surface area (Å²) in [6, 6.07) is 20.9. The number of amides is 1. The number of carbonyl (C=O) groups excluding carboxylic acids is 1. The highest BCUT2D eigenvalue weighted by Crippen LogP contribution is 2.44. The van der Waals surface area contributed by atoms with Gasteiger partial charge in [-0.3, -0.25) is 0 Å². The van der Waals surface area contributed by atoms with E-state index in [4.69, 9.17) is 9.47 Å². The number of methoxy groups -OCH3 is 1. The number of nitrogens with one attached hydrogen (secondary N) is 1. The lowest BCUT2D eigenvalue weighted by Crippen LogP contribution is -2.41. The van der Waals surface area contributed by atoms with Crippen molar-refractivity contribution in [2.75, 3.05) is 19.5 Å². The third kappa shape index (κ3) is 6.00. The molecule has 0 aromatic heterocycles. The number of rotatable bonds is 10. The van der Waals surface area contributed by atoms with Crippen molar-refractivity contribution in [2.45, 2.75) is 24.1 Å². The lowest BCUT2D eigenvalue weighted by molar-refractivity contribution is -0.139. The first-order valence-corrected chi connectivity index (χ1v) is 13.2. The van der Waals surface area contributed by atoms with Gasteiger partial charge in [0.05, 0.1) is 7.11 Å². The number of alkyl carbamates (subject to hydrolysis) is 1. The molecular weight excluding hydrogens is 530 g/mol. The topological polar surface area (TPSA) is 84.9 Å². The third-order valence-electron chi connectivity index (χ3n) is 5.98. The Bertz CT molecular complexity index is 1170. The molecule has 1 atom stereocenters. The Hall–Kier alpha value is -2.97. The summed E-state index contributed by atoms with van der Waals surface area (Å²) in [6.45, 7) is 0.142. The highest BCUT2D eigenvalue weighted by Gasteiger charge is 2.29. The average Bonchev–Trinajstić information content (AvgIpc) is 3.18. The molecule has 1 amide bonds. The molecule has 1 aliphatic carbocycles. The Kier molecular flexibility index (Phi) is 8.36. The van der Waals surface area contributed by atoms with Gasteiger partial charge in [-0.15, -0.1) is 0 Å². The number of aliphatic carboxylic acids is 1. The molecule has 35 heavy (non-hydrogen) atoms. The van der Waals surface area contributed by atoms with E-state index in [0.29, 0.717) is 11.5 Å². The van der Waals surface area contributed by atoms with Crippen LogP contribution in [0.15, 0.2) is 71.2 Å². The molecule has 8 heteroatoms. The first-order valence-electron chi connectivity index (χ1n) is 11.2. The number of ether oxygens (including phenoxy) is 2. The van der Waals surface area contributed by atoms with E-state index in [0.717, 1.165) is 38.0 Å². The minimum absolute atomic E-state index is 0.0767. The van der Waals surface area contributed by atoms with Gasteiger partial charge < -0.3 is 19.9 Å². The monoisotopic (exact) mass is 555 g/mol. The summed E-state index contributed by atoms with van der Waals surface area (Å²) in [6.07, 6.45) is -0.446. The second kappa shape index (κ2) is 11.6. The molecule has 182 valence electrons. The van der Waals surface area contributed by atoms with Crippen LogP contribution < -0.4 is 10.1 Å². The van der Waals surface area contributed by atoms with Gasteiger partial charge in [-0.2, -0.15) is 11.8 Å². The van der Waals surface area contributed by atoms with Gasteiger partial charge in [0.2, 0.25) is 0 Å². The van der Waals surface area contributed by atoms with Crippen LogP contribution in [0.5, 0.6) is 5.75 Å². The van der Waals surface area contributed by atoms with Crippen LogP contribution in [0.4, 0.5) is 4.79 Å². The Balaban J connectivity index is 1.30. The molecule has 0 aliphatic heterocycles. The summed E-state index contributed by atoms with van der Waals surface area (Å²) in [5.74, 6) is 0.842. The smallest absolute Gasteiger partial charge is 0.407 e. The highest BCUT2D eigenvalue weighted by molar-refractivity contribution is 9.10. The first-order chi connectivity index (χ1) is 17.0. The zero-order valence-electron chi connectivity index (χ0n) is 19.2. The summed E-state index contributed by atoms with van der Waals surface area (Å²) in [7, 11) is 1.62. The van der Waals surface area contributed by atoms with Crippen molar-refractivity contribution in [1.29, 1.82) is 0 Å². The van der Waals surface area contributed by atoms with Crippen molar-refractivity contribution >= 4 is 39.8 Å². The maximum atomic E-state index is 12.5. The third-order valence-corrected chi connectivity index (χ3v) is 7.52. The average molecular weight is 556 g/mol. The maximum Gasteiger partial charge on any atom is 0.407 e. The summed E-state index contributed by atoms with van der Waals surface area (Å²) in [5, 5.41) is 12.1. The van der Waals surface area contributed by atoms with E-state index >= 15 is 0 Å². The fourth-order valence-corrected chi connectivity index (χ4v) is 5.68. The van der Waals surface area contributed by atoms with E-state index in [9.17, 15) is 14.7 Å². The van der Waals surface area contributed by atoms with Crippen LogP contribution in [0.25, 0.3) is 11.1 Å². The van der Waals surface area contributed by atoms with Crippen LogP contribution in [0, 0.1) is 0 Å². The Morgan fingerprint density at radius 1 is 1.06 bits per heavy atom. The normalized spacial score (nSPS) is 13.0. The molecule has 0 fully saturated rings. The van der Waals surface area contributed by atoms with E-state index in [1.165, 1.54) is 0 Å². The maximum absolute atomic E-state index is 12.5. The van der Waals surface area contributed by atoms with Gasteiger partial charge in [0, 0.05) is 21.7 Å². The molecule has 0 heterocycles. The fourth-order valence-electron chi connectivity index (χ4n) is 4.28. The SMILES string of the molecule is COc1ccc(Br)cc1CSCCC(NC(=O)OCC1c2ccccc2-c2ccccc21)C(=O)O. The van der Waals surface area contributed by atoms with Crippen LogP contribution in [-0.4, -0.2) is 42.7 Å².